The molecule has 2 aliphatic heterocycles. The molecule has 1 fully saturated rings. The summed E-state index contributed by atoms with van der Waals surface area (Å²) in [6, 6.07) is 1.75. The predicted octanol–water partition coefficient (Wildman–Crippen LogP) is 1.22. The second-order valence-corrected chi connectivity index (χ2v) is 7.84. The number of pyridine rings is 1. The minimum atomic E-state index is -1.53. The molecule has 5 N–H and O–H groups in total. The Kier molecular flexibility index (Phi) is 5.63. The number of fused-ring (bicyclic) bond motifs is 1. The fourth-order valence-corrected chi connectivity index (χ4v) is 3.62. The van der Waals surface area contributed by atoms with Crippen molar-refractivity contribution in [1.29, 1.82) is 0 Å². The molecule has 2 aromatic rings. The molecule has 11 heteroatoms. The number of halogens is 2. The van der Waals surface area contributed by atoms with Gasteiger partial charge in [0.2, 0.25) is 0 Å². The van der Waals surface area contributed by atoms with Gasteiger partial charge < -0.3 is 31.0 Å². The lowest BCUT2D eigenvalue weighted by Gasteiger charge is -2.33. The highest BCUT2D eigenvalue weighted by atomic mass is 35.5. The van der Waals surface area contributed by atoms with Gasteiger partial charge in [-0.2, -0.15) is 0 Å². The molecule has 2 aromatic heterocycles. The molecule has 1 saturated heterocycles. The largest absolute Gasteiger partial charge is 0.380 e. The molecule has 0 spiro atoms. The number of amidine groups is 1. The minimum absolute atomic E-state index is 0.0856. The van der Waals surface area contributed by atoms with E-state index < -0.39 is 11.5 Å². The molecule has 4 heterocycles. The summed E-state index contributed by atoms with van der Waals surface area (Å²) in [7, 11) is 0. The van der Waals surface area contributed by atoms with E-state index >= 15 is 0 Å². The first-order valence-corrected chi connectivity index (χ1v) is 10.0. The van der Waals surface area contributed by atoms with Crippen LogP contribution in [-0.4, -0.2) is 65.1 Å². The van der Waals surface area contributed by atoms with Crippen LogP contribution in [0.2, 0.25) is 5.02 Å². The standard InChI is InChI=1S/C19H23ClFN7O2/c1-19(22,18(29)28-3-2-5-30-6-4-28)27-17-14(21)10-25-16(26-17)13-9-24-15-12(13)7-11(20)8-23-15/h7-9,27H,2-6,10,22H2,1H3,(H,23,24)(H,25,26)/t19-/m0/s1. The number of ether oxygens (including phenoxy) is 1. The molecule has 0 radical (unpaired) electrons. The average molecular weight is 436 g/mol. The van der Waals surface area contributed by atoms with Crippen LogP contribution in [0.1, 0.15) is 18.9 Å². The Balaban J connectivity index is 1.59. The number of carbonyl (C=O) groups excluding carboxylic acids is 1. The first-order valence-electron chi connectivity index (χ1n) is 9.63. The van der Waals surface area contributed by atoms with E-state index in [9.17, 15) is 9.18 Å². The molecule has 30 heavy (non-hydrogen) atoms. The summed E-state index contributed by atoms with van der Waals surface area (Å²) in [5.74, 6) is -0.553. The van der Waals surface area contributed by atoms with Crippen molar-refractivity contribution in [1.82, 2.24) is 25.5 Å². The zero-order chi connectivity index (χ0) is 21.3. The molecule has 4 rings (SSSR count). The van der Waals surface area contributed by atoms with Crippen LogP contribution < -0.4 is 16.4 Å². The lowest BCUT2D eigenvalue weighted by molar-refractivity contribution is -0.137. The van der Waals surface area contributed by atoms with Crippen LogP contribution in [0.25, 0.3) is 11.0 Å². The van der Waals surface area contributed by atoms with Gasteiger partial charge >= 0.3 is 0 Å². The topological polar surface area (TPSA) is 121 Å². The van der Waals surface area contributed by atoms with Crippen LogP contribution in [-0.2, 0) is 9.53 Å². The number of nitrogens with one attached hydrogen (secondary N) is 3. The van der Waals surface area contributed by atoms with Gasteiger partial charge in [-0.1, -0.05) is 11.6 Å². The van der Waals surface area contributed by atoms with Gasteiger partial charge in [-0.05, 0) is 19.4 Å². The fourth-order valence-electron chi connectivity index (χ4n) is 3.46. The van der Waals surface area contributed by atoms with E-state index in [2.05, 4.69) is 25.6 Å². The first-order chi connectivity index (χ1) is 14.3. The van der Waals surface area contributed by atoms with E-state index in [4.69, 9.17) is 22.1 Å². The highest BCUT2D eigenvalue weighted by molar-refractivity contribution is 6.31. The molecule has 0 unspecified atom stereocenters. The molecule has 0 aliphatic carbocycles. The summed E-state index contributed by atoms with van der Waals surface area (Å²) in [6.07, 6.45) is 3.97. The van der Waals surface area contributed by atoms with E-state index in [-0.39, 0.29) is 18.3 Å². The highest BCUT2D eigenvalue weighted by Gasteiger charge is 2.35. The second kappa shape index (κ2) is 8.21. The van der Waals surface area contributed by atoms with Crippen molar-refractivity contribution in [2.45, 2.75) is 19.0 Å². The van der Waals surface area contributed by atoms with E-state index in [0.717, 1.165) is 11.8 Å². The molecule has 0 aromatic carbocycles. The maximum atomic E-state index is 14.5. The van der Waals surface area contributed by atoms with Crippen molar-refractivity contribution < 1.29 is 13.9 Å². The summed E-state index contributed by atoms with van der Waals surface area (Å²) in [5.41, 5.74) is 6.02. The Hall–Kier alpha value is -2.69. The molecule has 2 aliphatic rings. The van der Waals surface area contributed by atoms with Gasteiger partial charge in [-0.25, -0.2) is 14.4 Å². The highest BCUT2D eigenvalue weighted by Crippen LogP contribution is 2.23. The predicted molar refractivity (Wildman–Crippen MR) is 112 cm³/mol. The molecule has 1 amide bonds. The average Bonchev–Trinajstić information content (AvgIpc) is 2.94. The van der Waals surface area contributed by atoms with Gasteiger partial charge in [0.25, 0.3) is 5.91 Å². The van der Waals surface area contributed by atoms with E-state index in [1.165, 1.54) is 13.1 Å². The Morgan fingerprint density at radius 3 is 3.10 bits per heavy atom. The number of amides is 1. The second-order valence-electron chi connectivity index (χ2n) is 7.40. The summed E-state index contributed by atoms with van der Waals surface area (Å²) >= 11 is 6.06. The van der Waals surface area contributed by atoms with Crippen molar-refractivity contribution in [3.05, 3.63) is 40.7 Å². The number of H-pyrrole nitrogens is 1. The van der Waals surface area contributed by atoms with Crippen LogP contribution in [0.4, 0.5) is 4.39 Å². The number of hydrogen-bond acceptors (Lipinski definition) is 7. The number of nitrogens with zero attached hydrogens (tertiary/aromatic N) is 3. The Bertz CT molecular complexity index is 1030. The first kappa shape index (κ1) is 20.6. The maximum absolute atomic E-state index is 14.5. The molecule has 1 atom stereocenters. The number of aliphatic imine (C=N–C) groups is 1. The molecular weight excluding hydrogens is 413 g/mol. The van der Waals surface area contributed by atoms with Crippen LogP contribution in [0.5, 0.6) is 0 Å². The van der Waals surface area contributed by atoms with Gasteiger partial charge in [0.1, 0.15) is 11.5 Å². The summed E-state index contributed by atoms with van der Waals surface area (Å²) < 4.78 is 19.9. The summed E-state index contributed by atoms with van der Waals surface area (Å²) in [4.78, 5) is 26.1. The van der Waals surface area contributed by atoms with E-state index in [0.29, 0.717) is 48.4 Å². The van der Waals surface area contributed by atoms with Gasteiger partial charge in [0.15, 0.2) is 17.3 Å². The zero-order valence-electron chi connectivity index (χ0n) is 16.5. The van der Waals surface area contributed by atoms with Crippen molar-refractivity contribution in [3.63, 3.8) is 0 Å². The molecular formula is C19H23ClFN7O2. The van der Waals surface area contributed by atoms with Crippen molar-refractivity contribution >= 4 is 34.4 Å². The monoisotopic (exact) mass is 435 g/mol. The smallest absolute Gasteiger partial charge is 0.262 e. The lowest BCUT2D eigenvalue weighted by atomic mass is 10.1. The van der Waals surface area contributed by atoms with Gasteiger partial charge in [0.05, 0.1) is 18.2 Å². The number of aromatic amines is 1. The quantitative estimate of drug-likeness (QED) is 0.536. The van der Waals surface area contributed by atoms with Crippen molar-refractivity contribution in [2.75, 3.05) is 32.8 Å². The van der Waals surface area contributed by atoms with Crippen LogP contribution >= 0.6 is 11.6 Å². The number of rotatable bonds is 4. The summed E-state index contributed by atoms with van der Waals surface area (Å²) in [6.45, 7) is 3.43. The zero-order valence-corrected chi connectivity index (χ0v) is 17.2. The Morgan fingerprint density at radius 1 is 1.43 bits per heavy atom. The normalized spacial score (nSPS) is 19.7. The number of aromatic nitrogens is 2. The Morgan fingerprint density at radius 2 is 2.27 bits per heavy atom. The summed E-state index contributed by atoms with van der Waals surface area (Å²) in [5, 5.41) is 6.93. The fraction of sp³-hybridized carbons (Fsp3) is 0.421. The minimum Gasteiger partial charge on any atom is -0.380 e. The van der Waals surface area contributed by atoms with Crippen LogP contribution in [0, 0.1) is 0 Å². The third-order valence-corrected chi connectivity index (χ3v) is 5.18. The van der Waals surface area contributed by atoms with Crippen LogP contribution in [0.15, 0.2) is 35.1 Å². The van der Waals surface area contributed by atoms with Crippen molar-refractivity contribution in [2.24, 2.45) is 10.7 Å². The molecule has 9 nitrogen and oxygen atoms in total. The van der Waals surface area contributed by atoms with Crippen LogP contribution in [0.3, 0.4) is 0 Å². The van der Waals surface area contributed by atoms with Gasteiger partial charge in [-0.3, -0.25) is 4.79 Å². The molecule has 0 bridgehead atoms. The molecule has 0 saturated carbocycles. The Labute approximate surface area is 177 Å². The third kappa shape index (κ3) is 4.11. The van der Waals surface area contributed by atoms with Gasteiger partial charge in [0, 0.05) is 43.0 Å². The molecule has 160 valence electrons. The number of nitrogens with two attached hydrogens (primary N) is 1. The number of carbonyl (C=O) groups is 1. The maximum Gasteiger partial charge on any atom is 0.262 e. The lowest BCUT2D eigenvalue weighted by Crippen LogP contribution is -2.62. The van der Waals surface area contributed by atoms with Gasteiger partial charge in [-0.15, -0.1) is 0 Å². The van der Waals surface area contributed by atoms with E-state index in [1.807, 2.05) is 0 Å². The van der Waals surface area contributed by atoms with Crippen molar-refractivity contribution in [3.8, 4) is 0 Å². The third-order valence-electron chi connectivity index (χ3n) is 4.98. The number of hydrogen-bond donors (Lipinski definition) is 4. The van der Waals surface area contributed by atoms with E-state index in [1.54, 1.807) is 17.2 Å². The SMILES string of the molecule is C[C@](N)(NC1=C(F)CNC(c2c[nH]c3ncc(Cl)cc23)=N1)C(=O)N1CCCOCC1.